The van der Waals surface area contributed by atoms with Crippen LogP contribution in [0.25, 0.3) is 0 Å². The van der Waals surface area contributed by atoms with Crippen molar-refractivity contribution in [3.63, 3.8) is 0 Å². The number of hydrogen-bond acceptors (Lipinski definition) is 3. The summed E-state index contributed by atoms with van der Waals surface area (Å²) >= 11 is 6.09. The van der Waals surface area contributed by atoms with Crippen LogP contribution in [-0.4, -0.2) is 22.7 Å². The molecule has 0 atom stereocenters. The van der Waals surface area contributed by atoms with E-state index >= 15 is 0 Å². The first-order chi connectivity index (χ1) is 9.93. The van der Waals surface area contributed by atoms with Crippen LogP contribution in [0.5, 0.6) is 0 Å². The average Bonchev–Trinajstić information content (AvgIpc) is 2.70. The number of anilines is 1. The molecule has 0 saturated carbocycles. The van der Waals surface area contributed by atoms with Crippen LogP contribution in [-0.2, 0) is 13.6 Å². The number of benzene rings is 1. The molecule has 1 heterocycles. The number of halogens is 1. The zero-order chi connectivity index (χ0) is 15.6. The highest BCUT2D eigenvalue weighted by Gasteiger charge is 2.14. The third-order valence-electron chi connectivity index (χ3n) is 3.58. The molecule has 6 heteroatoms. The van der Waals surface area contributed by atoms with Gasteiger partial charge < -0.3 is 10.6 Å². The molecule has 2 rings (SSSR count). The third kappa shape index (κ3) is 3.19. The molecule has 0 fully saturated rings. The van der Waals surface area contributed by atoms with Crippen molar-refractivity contribution in [2.24, 2.45) is 7.05 Å². The van der Waals surface area contributed by atoms with Gasteiger partial charge in [0.05, 0.1) is 16.3 Å². The van der Waals surface area contributed by atoms with Gasteiger partial charge in [0.1, 0.15) is 0 Å². The normalized spacial score (nSPS) is 10.5. The lowest BCUT2D eigenvalue weighted by atomic mass is 10.1. The summed E-state index contributed by atoms with van der Waals surface area (Å²) in [5, 5.41) is 10.7. The standard InChI is InChI=1S/C15H19ClN4O/c1-9-13(10(2)20(4)19-9)8-18-15(21)12-7-11(17-3)5-6-14(12)16/h5-7,17H,8H2,1-4H3,(H,18,21). The summed E-state index contributed by atoms with van der Waals surface area (Å²) in [7, 11) is 3.69. The van der Waals surface area contributed by atoms with Gasteiger partial charge >= 0.3 is 0 Å². The Kier molecular flexibility index (Phi) is 4.53. The Balaban J connectivity index is 2.15. The molecule has 0 bridgehead atoms. The van der Waals surface area contributed by atoms with Crippen LogP contribution in [0.2, 0.25) is 5.02 Å². The smallest absolute Gasteiger partial charge is 0.253 e. The Morgan fingerprint density at radius 2 is 2.10 bits per heavy atom. The van der Waals surface area contributed by atoms with E-state index in [-0.39, 0.29) is 5.91 Å². The molecular formula is C15H19ClN4O. The van der Waals surface area contributed by atoms with Gasteiger partial charge in [0, 0.05) is 37.6 Å². The Labute approximate surface area is 129 Å². The second-order valence-electron chi connectivity index (χ2n) is 4.90. The number of hydrogen-bond donors (Lipinski definition) is 2. The molecule has 0 aliphatic heterocycles. The first-order valence-electron chi connectivity index (χ1n) is 6.68. The van der Waals surface area contributed by atoms with Crippen LogP contribution in [0.1, 0.15) is 27.3 Å². The van der Waals surface area contributed by atoms with Crippen molar-refractivity contribution in [3.8, 4) is 0 Å². The maximum atomic E-state index is 12.3. The van der Waals surface area contributed by atoms with Crippen molar-refractivity contribution in [1.29, 1.82) is 0 Å². The summed E-state index contributed by atoms with van der Waals surface area (Å²) < 4.78 is 1.81. The quantitative estimate of drug-likeness (QED) is 0.913. The first kappa shape index (κ1) is 15.4. The summed E-state index contributed by atoms with van der Waals surface area (Å²) in [6.45, 7) is 4.35. The van der Waals surface area contributed by atoms with Gasteiger partial charge in [-0.25, -0.2) is 0 Å². The first-order valence-corrected chi connectivity index (χ1v) is 7.06. The highest BCUT2D eigenvalue weighted by Crippen LogP contribution is 2.20. The molecule has 0 spiro atoms. The van der Waals surface area contributed by atoms with Crippen molar-refractivity contribution >= 4 is 23.2 Å². The second kappa shape index (κ2) is 6.18. The van der Waals surface area contributed by atoms with Gasteiger partial charge in [-0.2, -0.15) is 5.10 Å². The lowest BCUT2D eigenvalue weighted by Crippen LogP contribution is -2.23. The monoisotopic (exact) mass is 306 g/mol. The van der Waals surface area contributed by atoms with Crippen LogP contribution in [0.15, 0.2) is 18.2 Å². The number of nitrogens with one attached hydrogen (secondary N) is 2. The Morgan fingerprint density at radius 3 is 2.67 bits per heavy atom. The minimum absolute atomic E-state index is 0.195. The summed E-state index contributed by atoms with van der Waals surface area (Å²) in [5.74, 6) is -0.195. The predicted octanol–water partition coefficient (Wildman–Crippen LogP) is 2.66. The number of amides is 1. The minimum atomic E-state index is -0.195. The van der Waals surface area contributed by atoms with Gasteiger partial charge in [0.15, 0.2) is 0 Å². The van der Waals surface area contributed by atoms with Crippen molar-refractivity contribution in [2.45, 2.75) is 20.4 Å². The fourth-order valence-corrected chi connectivity index (χ4v) is 2.40. The van der Waals surface area contributed by atoms with E-state index in [0.717, 1.165) is 22.6 Å². The molecule has 0 unspecified atom stereocenters. The van der Waals surface area contributed by atoms with E-state index in [1.54, 1.807) is 19.2 Å². The number of aryl methyl sites for hydroxylation is 2. The lowest BCUT2D eigenvalue weighted by molar-refractivity contribution is 0.0951. The molecule has 0 saturated heterocycles. The van der Waals surface area contributed by atoms with Crippen LogP contribution in [0.3, 0.4) is 0 Å². The van der Waals surface area contributed by atoms with E-state index in [1.165, 1.54) is 0 Å². The van der Waals surface area contributed by atoms with E-state index in [4.69, 9.17) is 11.6 Å². The fourth-order valence-electron chi connectivity index (χ4n) is 2.19. The molecule has 0 aliphatic carbocycles. The summed E-state index contributed by atoms with van der Waals surface area (Å²) in [5.41, 5.74) is 4.31. The van der Waals surface area contributed by atoms with E-state index in [9.17, 15) is 4.79 Å². The molecular weight excluding hydrogens is 288 g/mol. The maximum Gasteiger partial charge on any atom is 0.253 e. The molecule has 5 nitrogen and oxygen atoms in total. The summed E-state index contributed by atoms with van der Waals surface area (Å²) in [6.07, 6.45) is 0. The summed E-state index contributed by atoms with van der Waals surface area (Å²) in [4.78, 5) is 12.3. The van der Waals surface area contributed by atoms with E-state index < -0.39 is 0 Å². The van der Waals surface area contributed by atoms with Crippen molar-refractivity contribution in [1.82, 2.24) is 15.1 Å². The van der Waals surface area contributed by atoms with Gasteiger partial charge in [-0.15, -0.1) is 0 Å². The number of carbonyl (C=O) groups is 1. The minimum Gasteiger partial charge on any atom is -0.388 e. The van der Waals surface area contributed by atoms with Crippen molar-refractivity contribution in [3.05, 3.63) is 45.7 Å². The second-order valence-corrected chi connectivity index (χ2v) is 5.31. The average molecular weight is 307 g/mol. The van der Waals surface area contributed by atoms with E-state index in [0.29, 0.717) is 17.1 Å². The molecule has 0 aliphatic rings. The highest BCUT2D eigenvalue weighted by atomic mass is 35.5. The zero-order valence-corrected chi connectivity index (χ0v) is 13.4. The SMILES string of the molecule is CNc1ccc(Cl)c(C(=O)NCc2c(C)nn(C)c2C)c1. The fraction of sp³-hybridized carbons (Fsp3) is 0.333. The van der Waals surface area contributed by atoms with Crippen LogP contribution in [0.4, 0.5) is 5.69 Å². The molecule has 1 aromatic heterocycles. The molecule has 0 radical (unpaired) electrons. The lowest BCUT2D eigenvalue weighted by Gasteiger charge is -2.09. The molecule has 2 aromatic rings. The van der Waals surface area contributed by atoms with Crippen LogP contribution < -0.4 is 10.6 Å². The van der Waals surface area contributed by atoms with Crippen LogP contribution >= 0.6 is 11.6 Å². The Hall–Kier alpha value is -2.01. The molecule has 112 valence electrons. The van der Waals surface area contributed by atoms with E-state index in [1.807, 2.05) is 31.6 Å². The maximum absolute atomic E-state index is 12.3. The third-order valence-corrected chi connectivity index (χ3v) is 3.91. The van der Waals surface area contributed by atoms with Gasteiger partial charge in [-0.3, -0.25) is 9.48 Å². The Morgan fingerprint density at radius 1 is 1.38 bits per heavy atom. The molecule has 1 amide bonds. The topological polar surface area (TPSA) is 59.0 Å². The summed E-state index contributed by atoms with van der Waals surface area (Å²) in [6, 6.07) is 5.28. The molecule has 2 N–H and O–H groups in total. The zero-order valence-electron chi connectivity index (χ0n) is 12.6. The molecule has 21 heavy (non-hydrogen) atoms. The number of rotatable bonds is 4. The Bertz CT molecular complexity index is 679. The largest absolute Gasteiger partial charge is 0.388 e. The number of nitrogens with zero attached hydrogens (tertiary/aromatic N) is 2. The predicted molar refractivity (Wildman–Crippen MR) is 84.9 cm³/mol. The van der Waals surface area contributed by atoms with E-state index in [2.05, 4.69) is 15.7 Å². The van der Waals surface area contributed by atoms with Gasteiger partial charge in [-0.05, 0) is 32.0 Å². The van der Waals surface area contributed by atoms with Gasteiger partial charge in [-0.1, -0.05) is 11.6 Å². The molecule has 1 aromatic carbocycles. The highest BCUT2D eigenvalue weighted by molar-refractivity contribution is 6.34. The number of aromatic nitrogens is 2. The van der Waals surface area contributed by atoms with Crippen molar-refractivity contribution in [2.75, 3.05) is 12.4 Å². The number of carbonyl (C=O) groups excluding carboxylic acids is 1. The van der Waals surface area contributed by atoms with Gasteiger partial charge in [0.25, 0.3) is 5.91 Å². The van der Waals surface area contributed by atoms with Gasteiger partial charge in [0.2, 0.25) is 0 Å². The van der Waals surface area contributed by atoms with Crippen molar-refractivity contribution < 1.29 is 4.79 Å². The van der Waals surface area contributed by atoms with Crippen LogP contribution in [0, 0.1) is 13.8 Å².